The Morgan fingerprint density at radius 2 is 2.36 bits per heavy atom. The van der Waals surface area contributed by atoms with Gasteiger partial charge in [0, 0.05) is 25.7 Å². The second kappa shape index (κ2) is 5.98. The molecule has 1 rings (SSSR count). The lowest BCUT2D eigenvalue weighted by Crippen LogP contribution is -2.34. The van der Waals surface area contributed by atoms with Crippen molar-refractivity contribution in [2.24, 2.45) is 0 Å². The van der Waals surface area contributed by atoms with Gasteiger partial charge in [0.2, 0.25) is 0 Å². The van der Waals surface area contributed by atoms with Crippen LogP contribution < -0.4 is 5.32 Å². The molecular formula is C10H19N2O2. The summed E-state index contributed by atoms with van der Waals surface area (Å²) < 4.78 is 4.94. The molecule has 14 heavy (non-hydrogen) atoms. The molecule has 81 valence electrons. The van der Waals surface area contributed by atoms with E-state index in [-0.39, 0.29) is 5.97 Å². The second-order valence-electron chi connectivity index (χ2n) is 3.60. The predicted octanol–water partition coefficient (Wildman–Crippen LogP) is 0.248. The van der Waals surface area contributed by atoms with Crippen LogP contribution in [0.3, 0.4) is 0 Å². The molecule has 1 aliphatic heterocycles. The quantitative estimate of drug-likeness (QED) is 0.612. The molecule has 0 bridgehead atoms. The number of hydrogen-bond donors (Lipinski definition) is 0. The summed E-state index contributed by atoms with van der Waals surface area (Å²) in [6.45, 7) is 5.01. The fourth-order valence-electron chi connectivity index (χ4n) is 1.65. The zero-order chi connectivity index (χ0) is 10.4. The molecular weight excluding hydrogens is 180 g/mol. The summed E-state index contributed by atoms with van der Waals surface area (Å²) in [5.74, 6) is -0.0914. The van der Waals surface area contributed by atoms with E-state index in [0.717, 1.165) is 26.1 Å². The summed E-state index contributed by atoms with van der Waals surface area (Å²) in [6.07, 6.45) is 1.47. The minimum atomic E-state index is -0.0914. The number of nitrogens with zero attached hydrogens (tertiary/aromatic N) is 2. The predicted molar refractivity (Wildman–Crippen MR) is 54.2 cm³/mol. The number of esters is 1. The van der Waals surface area contributed by atoms with Gasteiger partial charge in [-0.1, -0.05) is 0 Å². The molecule has 1 atom stereocenters. The number of ether oxygens (including phenoxy) is 1. The van der Waals surface area contributed by atoms with Crippen LogP contribution in [-0.4, -0.2) is 50.2 Å². The molecule has 0 amide bonds. The Kier molecular flexibility index (Phi) is 4.90. The smallest absolute Gasteiger partial charge is 0.307 e. The van der Waals surface area contributed by atoms with E-state index in [9.17, 15) is 4.79 Å². The lowest BCUT2D eigenvalue weighted by atomic mass is 10.1. The van der Waals surface area contributed by atoms with Gasteiger partial charge >= 0.3 is 5.97 Å². The highest BCUT2D eigenvalue weighted by Gasteiger charge is 2.20. The van der Waals surface area contributed by atoms with Gasteiger partial charge in [-0.2, -0.15) is 0 Å². The summed E-state index contributed by atoms with van der Waals surface area (Å²) in [5.41, 5.74) is 0. The molecule has 1 fully saturated rings. The van der Waals surface area contributed by atoms with E-state index in [4.69, 9.17) is 4.74 Å². The van der Waals surface area contributed by atoms with E-state index in [1.165, 1.54) is 0 Å². The van der Waals surface area contributed by atoms with Crippen LogP contribution in [0, 0.1) is 0 Å². The van der Waals surface area contributed by atoms with Crippen LogP contribution in [0.2, 0.25) is 0 Å². The van der Waals surface area contributed by atoms with Crippen molar-refractivity contribution in [1.82, 2.24) is 10.2 Å². The van der Waals surface area contributed by atoms with Crippen LogP contribution in [0.25, 0.3) is 0 Å². The highest BCUT2D eigenvalue weighted by Crippen LogP contribution is 2.09. The topological polar surface area (TPSA) is 43.6 Å². The van der Waals surface area contributed by atoms with Crippen molar-refractivity contribution in [2.45, 2.75) is 25.8 Å². The van der Waals surface area contributed by atoms with Gasteiger partial charge in [0.15, 0.2) is 0 Å². The SMILES string of the molecule is CCOC(=O)CC1CC[N]CCN1C. The van der Waals surface area contributed by atoms with Crippen molar-refractivity contribution in [3.8, 4) is 0 Å². The maximum absolute atomic E-state index is 11.3. The molecule has 1 unspecified atom stereocenters. The largest absolute Gasteiger partial charge is 0.466 e. The third-order valence-corrected chi connectivity index (χ3v) is 2.56. The van der Waals surface area contributed by atoms with Crippen molar-refractivity contribution >= 4 is 5.97 Å². The number of carbonyl (C=O) groups is 1. The second-order valence-corrected chi connectivity index (χ2v) is 3.60. The van der Waals surface area contributed by atoms with Crippen LogP contribution in [0.4, 0.5) is 0 Å². The molecule has 0 spiro atoms. The van der Waals surface area contributed by atoms with Crippen molar-refractivity contribution in [3.05, 3.63) is 0 Å². The first-order chi connectivity index (χ1) is 6.74. The van der Waals surface area contributed by atoms with Gasteiger partial charge in [-0.05, 0) is 20.4 Å². The van der Waals surface area contributed by atoms with Crippen molar-refractivity contribution in [2.75, 3.05) is 33.3 Å². The van der Waals surface area contributed by atoms with Gasteiger partial charge in [-0.15, -0.1) is 0 Å². The summed E-state index contributed by atoms with van der Waals surface area (Å²) >= 11 is 0. The zero-order valence-corrected chi connectivity index (χ0v) is 9.03. The van der Waals surface area contributed by atoms with Crippen LogP contribution >= 0.6 is 0 Å². The third-order valence-electron chi connectivity index (χ3n) is 2.56. The Labute approximate surface area is 85.6 Å². The number of likely N-dealkylation sites (N-methyl/N-ethyl adjacent to an activating group) is 1. The Bertz CT molecular complexity index is 185. The number of rotatable bonds is 3. The molecule has 0 aromatic rings. The van der Waals surface area contributed by atoms with Crippen LogP contribution in [0.1, 0.15) is 19.8 Å². The van der Waals surface area contributed by atoms with Crippen molar-refractivity contribution in [1.29, 1.82) is 0 Å². The average molecular weight is 199 g/mol. The molecule has 0 N–H and O–H groups in total. The first-order valence-electron chi connectivity index (χ1n) is 5.23. The summed E-state index contributed by atoms with van der Waals surface area (Å²) in [6, 6.07) is 0.306. The highest BCUT2D eigenvalue weighted by molar-refractivity contribution is 5.70. The fourth-order valence-corrected chi connectivity index (χ4v) is 1.65. The molecule has 0 aromatic heterocycles. The number of carbonyl (C=O) groups excluding carboxylic acids is 1. The molecule has 1 aliphatic rings. The Morgan fingerprint density at radius 1 is 1.57 bits per heavy atom. The van der Waals surface area contributed by atoms with E-state index in [2.05, 4.69) is 10.2 Å². The third kappa shape index (κ3) is 3.64. The van der Waals surface area contributed by atoms with Gasteiger partial charge < -0.3 is 9.64 Å². The van der Waals surface area contributed by atoms with E-state index in [1.54, 1.807) is 0 Å². The van der Waals surface area contributed by atoms with Gasteiger partial charge in [-0.25, -0.2) is 5.32 Å². The molecule has 4 heteroatoms. The van der Waals surface area contributed by atoms with Gasteiger partial charge in [0.1, 0.15) is 0 Å². The number of hydrogen-bond acceptors (Lipinski definition) is 3. The first kappa shape index (κ1) is 11.5. The van der Waals surface area contributed by atoms with E-state index in [0.29, 0.717) is 19.1 Å². The molecule has 0 saturated carbocycles. The lowest BCUT2D eigenvalue weighted by Gasteiger charge is -2.23. The van der Waals surface area contributed by atoms with Crippen LogP contribution in [-0.2, 0) is 9.53 Å². The molecule has 1 radical (unpaired) electrons. The monoisotopic (exact) mass is 199 g/mol. The van der Waals surface area contributed by atoms with Crippen molar-refractivity contribution in [3.63, 3.8) is 0 Å². The standard InChI is InChI=1S/C10H19N2O2/c1-3-14-10(13)8-9-4-5-11-6-7-12(9)2/h9H,3-8H2,1-2H3. The normalized spacial score (nSPS) is 24.3. The molecule has 1 heterocycles. The maximum atomic E-state index is 11.3. The van der Waals surface area contributed by atoms with Gasteiger partial charge in [-0.3, -0.25) is 4.79 Å². The molecule has 1 saturated heterocycles. The van der Waals surface area contributed by atoms with Crippen molar-refractivity contribution < 1.29 is 9.53 Å². The average Bonchev–Trinajstić information content (AvgIpc) is 2.33. The minimum Gasteiger partial charge on any atom is -0.466 e. The van der Waals surface area contributed by atoms with E-state index in [1.807, 2.05) is 14.0 Å². The lowest BCUT2D eigenvalue weighted by molar-refractivity contribution is -0.144. The zero-order valence-electron chi connectivity index (χ0n) is 9.03. The molecule has 4 nitrogen and oxygen atoms in total. The van der Waals surface area contributed by atoms with Crippen LogP contribution in [0.15, 0.2) is 0 Å². The van der Waals surface area contributed by atoms with Gasteiger partial charge in [0.05, 0.1) is 13.0 Å². The molecule has 0 aromatic carbocycles. The Morgan fingerprint density at radius 3 is 3.07 bits per heavy atom. The Balaban J connectivity index is 2.36. The summed E-state index contributed by atoms with van der Waals surface area (Å²) in [7, 11) is 2.05. The fraction of sp³-hybridized carbons (Fsp3) is 0.900. The minimum absolute atomic E-state index is 0.0914. The van der Waals surface area contributed by atoms with E-state index < -0.39 is 0 Å². The highest BCUT2D eigenvalue weighted by atomic mass is 16.5. The van der Waals surface area contributed by atoms with Crippen LogP contribution in [0.5, 0.6) is 0 Å². The maximum Gasteiger partial charge on any atom is 0.307 e. The van der Waals surface area contributed by atoms with Gasteiger partial charge in [0.25, 0.3) is 0 Å². The first-order valence-corrected chi connectivity index (χ1v) is 5.23. The summed E-state index contributed by atoms with van der Waals surface area (Å²) in [5, 5.41) is 4.33. The Hall–Kier alpha value is -0.610. The summed E-state index contributed by atoms with van der Waals surface area (Å²) in [4.78, 5) is 13.5. The van der Waals surface area contributed by atoms with E-state index >= 15 is 0 Å². The molecule has 0 aliphatic carbocycles.